The van der Waals surface area contributed by atoms with Crippen LogP contribution >= 0.6 is 0 Å². The fourth-order valence-electron chi connectivity index (χ4n) is 2.49. The number of amides is 2. The van der Waals surface area contributed by atoms with E-state index in [0.717, 1.165) is 39.0 Å². The average molecular weight is 276 g/mol. The van der Waals surface area contributed by atoms with Crippen molar-refractivity contribution < 1.29 is 9.53 Å². The van der Waals surface area contributed by atoms with Gasteiger partial charge in [-0.2, -0.15) is 0 Å². The summed E-state index contributed by atoms with van der Waals surface area (Å²) in [6.07, 6.45) is 2.99. The van der Waals surface area contributed by atoms with Crippen molar-refractivity contribution in [2.24, 2.45) is 5.92 Å². The molecule has 1 saturated heterocycles. The smallest absolute Gasteiger partial charge is 0.317 e. The molecule has 0 radical (unpaired) electrons. The number of nitrogens with zero attached hydrogens (tertiary/aromatic N) is 1. The van der Waals surface area contributed by atoms with Crippen LogP contribution < -0.4 is 5.32 Å². The lowest BCUT2D eigenvalue weighted by Gasteiger charge is -2.27. The number of ether oxygens (including phenoxy) is 1. The topological polar surface area (TPSA) is 41.6 Å². The van der Waals surface area contributed by atoms with Crippen molar-refractivity contribution in [2.75, 3.05) is 33.4 Å². The average Bonchev–Trinajstić information content (AvgIpc) is 2.49. The van der Waals surface area contributed by atoms with Gasteiger partial charge in [0.15, 0.2) is 0 Å². The highest BCUT2D eigenvalue weighted by molar-refractivity contribution is 5.73. The zero-order valence-electron chi connectivity index (χ0n) is 12.2. The molecule has 0 aliphatic carbocycles. The van der Waals surface area contributed by atoms with Gasteiger partial charge in [-0.3, -0.25) is 0 Å². The first-order chi connectivity index (χ1) is 9.75. The quantitative estimate of drug-likeness (QED) is 0.896. The summed E-state index contributed by atoms with van der Waals surface area (Å²) in [5, 5.41) is 2.98. The summed E-state index contributed by atoms with van der Waals surface area (Å²) in [7, 11) is 1.87. The molecule has 1 aliphatic rings. The van der Waals surface area contributed by atoms with Gasteiger partial charge in [-0.1, -0.05) is 30.3 Å². The van der Waals surface area contributed by atoms with Crippen LogP contribution in [-0.2, 0) is 11.2 Å². The lowest BCUT2D eigenvalue weighted by molar-refractivity contribution is 0.0586. The van der Waals surface area contributed by atoms with Crippen LogP contribution in [0.2, 0.25) is 0 Å². The van der Waals surface area contributed by atoms with Gasteiger partial charge in [-0.05, 0) is 30.7 Å². The summed E-state index contributed by atoms with van der Waals surface area (Å²) in [4.78, 5) is 13.8. The Kier molecular flexibility index (Phi) is 5.87. The van der Waals surface area contributed by atoms with Crippen LogP contribution in [0.1, 0.15) is 18.4 Å². The molecule has 4 heteroatoms. The van der Waals surface area contributed by atoms with Crippen molar-refractivity contribution in [2.45, 2.75) is 19.3 Å². The Morgan fingerprint density at radius 2 is 2.00 bits per heavy atom. The Morgan fingerprint density at radius 1 is 1.30 bits per heavy atom. The van der Waals surface area contributed by atoms with Gasteiger partial charge in [0.05, 0.1) is 0 Å². The number of carbonyl (C=O) groups excluding carboxylic acids is 1. The third-order valence-electron chi connectivity index (χ3n) is 3.75. The van der Waals surface area contributed by atoms with Crippen molar-refractivity contribution in [3.05, 3.63) is 35.9 Å². The van der Waals surface area contributed by atoms with Crippen molar-refractivity contribution in [3.8, 4) is 0 Å². The number of hydrogen-bond donors (Lipinski definition) is 1. The molecule has 20 heavy (non-hydrogen) atoms. The molecule has 1 aliphatic heterocycles. The molecule has 2 amide bonds. The van der Waals surface area contributed by atoms with Gasteiger partial charge in [0.1, 0.15) is 0 Å². The predicted molar refractivity (Wildman–Crippen MR) is 79.7 cm³/mol. The van der Waals surface area contributed by atoms with Crippen molar-refractivity contribution in [1.29, 1.82) is 0 Å². The van der Waals surface area contributed by atoms with Gasteiger partial charge < -0.3 is 15.0 Å². The zero-order chi connectivity index (χ0) is 14.2. The molecule has 1 aromatic rings. The Morgan fingerprint density at radius 3 is 2.70 bits per heavy atom. The van der Waals surface area contributed by atoms with Crippen LogP contribution in [0.25, 0.3) is 0 Å². The van der Waals surface area contributed by atoms with Crippen LogP contribution in [-0.4, -0.2) is 44.3 Å². The minimum Gasteiger partial charge on any atom is -0.381 e. The van der Waals surface area contributed by atoms with E-state index in [9.17, 15) is 4.79 Å². The fraction of sp³-hybridized carbons (Fsp3) is 0.562. The van der Waals surface area contributed by atoms with Gasteiger partial charge in [0, 0.05) is 33.4 Å². The van der Waals surface area contributed by atoms with E-state index in [1.165, 1.54) is 5.56 Å². The van der Waals surface area contributed by atoms with Gasteiger partial charge in [-0.15, -0.1) is 0 Å². The fourth-order valence-corrected chi connectivity index (χ4v) is 2.49. The van der Waals surface area contributed by atoms with Gasteiger partial charge in [0.2, 0.25) is 0 Å². The molecule has 0 spiro atoms. The number of rotatable bonds is 5. The summed E-state index contributed by atoms with van der Waals surface area (Å²) in [5.74, 6) is 0.577. The number of nitrogens with one attached hydrogen (secondary N) is 1. The highest BCUT2D eigenvalue weighted by Gasteiger charge is 2.18. The normalized spacial score (nSPS) is 15.8. The molecule has 110 valence electrons. The maximum Gasteiger partial charge on any atom is 0.317 e. The zero-order valence-corrected chi connectivity index (χ0v) is 12.2. The van der Waals surface area contributed by atoms with Gasteiger partial charge in [0.25, 0.3) is 0 Å². The van der Waals surface area contributed by atoms with Crippen molar-refractivity contribution >= 4 is 6.03 Å². The van der Waals surface area contributed by atoms with Gasteiger partial charge >= 0.3 is 6.03 Å². The highest BCUT2D eigenvalue weighted by Crippen LogP contribution is 2.15. The Balaban J connectivity index is 1.65. The SMILES string of the molecule is CN(CC1CCOCC1)C(=O)NCCc1ccccc1. The molecule has 1 heterocycles. The van der Waals surface area contributed by atoms with Crippen LogP contribution in [0.3, 0.4) is 0 Å². The summed E-state index contributed by atoms with van der Waals surface area (Å²) in [6.45, 7) is 3.16. The first kappa shape index (κ1) is 14.9. The number of benzene rings is 1. The molecule has 0 atom stereocenters. The molecule has 2 rings (SSSR count). The van der Waals surface area contributed by atoms with E-state index >= 15 is 0 Å². The second kappa shape index (κ2) is 7.90. The summed E-state index contributed by atoms with van der Waals surface area (Å²) in [6, 6.07) is 10.2. The number of hydrogen-bond acceptors (Lipinski definition) is 2. The Labute approximate surface area is 121 Å². The van der Waals surface area contributed by atoms with Crippen molar-refractivity contribution in [3.63, 3.8) is 0 Å². The van der Waals surface area contributed by atoms with Crippen LogP contribution in [0.15, 0.2) is 30.3 Å². The first-order valence-electron chi connectivity index (χ1n) is 7.36. The molecule has 1 N–H and O–H groups in total. The van der Waals surface area contributed by atoms with Gasteiger partial charge in [-0.25, -0.2) is 4.79 Å². The number of urea groups is 1. The molecule has 0 aromatic heterocycles. The third kappa shape index (κ3) is 4.85. The second-order valence-corrected chi connectivity index (χ2v) is 5.40. The Hall–Kier alpha value is -1.55. The monoisotopic (exact) mass is 276 g/mol. The standard InChI is InChI=1S/C16H24N2O2/c1-18(13-15-8-11-20-12-9-15)16(19)17-10-7-14-5-3-2-4-6-14/h2-6,15H,7-13H2,1H3,(H,17,19). The molecule has 4 nitrogen and oxygen atoms in total. The first-order valence-corrected chi connectivity index (χ1v) is 7.36. The van der Waals surface area contributed by atoms with E-state index in [1.54, 1.807) is 4.90 Å². The summed E-state index contributed by atoms with van der Waals surface area (Å²) >= 11 is 0. The van der Waals surface area contributed by atoms with Crippen LogP contribution in [0.4, 0.5) is 4.79 Å². The van der Waals surface area contributed by atoms with E-state index < -0.39 is 0 Å². The molecule has 0 bridgehead atoms. The third-order valence-corrected chi connectivity index (χ3v) is 3.75. The largest absolute Gasteiger partial charge is 0.381 e. The second-order valence-electron chi connectivity index (χ2n) is 5.40. The Bertz CT molecular complexity index is 402. The van der Waals surface area contributed by atoms with E-state index in [0.29, 0.717) is 12.5 Å². The minimum absolute atomic E-state index is 0.0208. The molecule has 1 aromatic carbocycles. The molecular weight excluding hydrogens is 252 g/mol. The van der Waals surface area contributed by atoms with Crippen molar-refractivity contribution in [1.82, 2.24) is 10.2 Å². The lowest BCUT2D eigenvalue weighted by atomic mass is 10.00. The molecule has 0 unspecified atom stereocenters. The maximum absolute atomic E-state index is 12.0. The predicted octanol–water partition coefficient (Wildman–Crippen LogP) is 2.30. The van der Waals surface area contributed by atoms with E-state index in [1.807, 2.05) is 25.2 Å². The van der Waals surface area contributed by atoms with E-state index in [2.05, 4.69) is 17.4 Å². The highest BCUT2D eigenvalue weighted by atomic mass is 16.5. The maximum atomic E-state index is 12.0. The number of carbonyl (C=O) groups is 1. The lowest BCUT2D eigenvalue weighted by Crippen LogP contribution is -2.41. The molecule has 0 saturated carbocycles. The summed E-state index contributed by atoms with van der Waals surface area (Å²) in [5.41, 5.74) is 1.25. The summed E-state index contributed by atoms with van der Waals surface area (Å²) < 4.78 is 5.34. The molecular formula is C16H24N2O2. The molecule has 1 fully saturated rings. The van der Waals surface area contributed by atoms with Crippen LogP contribution in [0, 0.1) is 5.92 Å². The van der Waals surface area contributed by atoms with E-state index in [4.69, 9.17) is 4.74 Å². The van der Waals surface area contributed by atoms with Crippen LogP contribution in [0.5, 0.6) is 0 Å². The van der Waals surface area contributed by atoms with E-state index in [-0.39, 0.29) is 6.03 Å². The minimum atomic E-state index is 0.0208.